The van der Waals surface area contributed by atoms with Crippen LogP contribution in [0.4, 0.5) is 11.4 Å². The van der Waals surface area contributed by atoms with Crippen LogP contribution in [0.15, 0.2) is 36.4 Å². The molecule has 3 nitrogen and oxygen atoms in total. The molecular formula is C16H12ClNO2. The summed E-state index contributed by atoms with van der Waals surface area (Å²) in [5, 5.41) is 0.501. The van der Waals surface area contributed by atoms with Crippen molar-refractivity contribution in [1.29, 1.82) is 0 Å². The molecule has 0 aromatic heterocycles. The lowest BCUT2D eigenvalue weighted by Gasteiger charge is -2.31. The van der Waals surface area contributed by atoms with Gasteiger partial charge in [0.05, 0.1) is 16.3 Å². The molecule has 20 heavy (non-hydrogen) atoms. The first kappa shape index (κ1) is 11.8. The molecule has 2 aromatic rings. The molecule has 0 fully saturated rings. The Bertz CT molecular complexity index is 726. The number of hydrogen-bond acceptors (Lipinski definition) is 3. The Labute approximate surface area is 121 Å². The zero-order chi connectivity index (χ0) is 13.7. The molecule has 0 N–H and O–H groups in total. The third-order valence-electron chi connectivity index (χ3n) is 3.87. The summed E-state index contributed by atoms with van der Waals surface area (Å²) in [6.07, 6.45) is 0.477. The first-order chi connectivity index (χ1) is 9.75. The van der Waals surface area contributed by atoms with Gasteiger partial charge in [-0.1, -0.05) is 29.8 Å². The Morgan fingerprint density at radius 3 is 2.90 bits per heavy atom. The molecule has 0 atom stereocenters. The highest BCUT2D eigenvalue weighted by molar-refractivity contribution is 6.35. The van der Waals surface area contributed by atoms with Crippen LogP contribution in [0.25, 0.3) is 0 Å². The molecule has 0 spiro atoms. The summed E-state index contributed by atoms with van der Waals surface area (Å²) >= 11 is 6.23. The Hall–Kier alpha value is -2.00. The van der Waals surface area contributed by atoms with Crippen molar-refractivity contribution >= 4 is 28.8 Å². The number of rotatable bonds is 0. The van der Waals surface area contributed by atoms with Crippen LogP contribution in [0.3, 0.4) is 0 Å². The molecule has 2 heterocycles. The van der Waals surface area contributed by atoms with Crippen LogP contribution in [0.2, 0.25) is 5.02 Å². The second kappa shape index (κ2) is 4.25. The van der Waals surface area contributed by atoms with Crippen LogP contribution >= 0.6 is 11.6 Å². The van der Waals surface area contributed by atoms with Crippen molar-refractivity contribution in [3.8, 4) is 5.75 Å². The van der Waals surface area contributed by atoms with Crippen LogP contribution in [0, 0.1) is 0 Å². The van der Waals surface area contributed by atoms with Gasteiger partial charge in [0.1, 0.15) is 12.4 Å². The van der Waals surface area contributed by atoms with E-state index in [0.29, 0.717) is 30.2 Å². The van der Waals surface area contributed by atoms with Gasteiger partial charge in [-0.2, -0.15) is 0 Å². The van der Waals surface area contributed by atoms with E-state index in [1.165, 1.54) is 0 Å². The average molecular weight is 286 g/mol. The highest BCUT2D eigenvalue weighted by Gasteiger charge is 2.32. The number of halogens is 1. The molecule has 0 radical (unpaired) electrons. The van der Waals surface area contributed by atoms with E-state index in [4.69, 9.17) is 16.3 Å². The number of benzene rings is 2. The summed E-state index contributed by atoms with van der Waals surface area (Å²) < 4.78 is 5.87. The van der Waals surface area contributed by atoms with Gasteiger partial charge >= 0.3 is 0 Å². The first-order valence-electron chi connectivity index (χ1n) is 6.59. The minimum Gasteiger partial charge on any atom is -0.487 e. The Kier molecular flexibility index (Phi) is 2.51. The molecule has 4 heteroatoms. The molecule has 0 saturated carbocycles. The van der Waals surface area contributed by atoms with Crippen molar-refractivity contribution in [2.75, 3.05) is 11.4 Å². The molecule has 2 aliphatic rings. The van der Waals surface area contributed by atoms with Crippen LogP contribution in [-0.2, 0) is 6.61 Å². The monoisotopic (exact) mass is 285 g/mol. The number of ether oxygens (including phenoxy) is 1. The predicted octanol–water partition coefficient (Wildman–Crippen LogP) is 3.96. The summed E-state index contributed by atoms with van der Waals surface area (Å²) in [6.45, 7) is 1.18. The lowest BCUT2D eigenvalue weighted by atomic mass is 9.98. The number of Topliss-reactive ketones (excluding diaryl/α,β-unsaturated/α-hetero) is 1. The quantitative estimate of drug-likeness (QED) is 0.734. The molecule has 0 amide bonds. The fourth-order valence-corrected chi connectivity index (χ4v) is 3.20. The van der Waals surface area contributed by atoms with E-state index in [2.05, 4.69) is 17.0 Å². The van der Waals surface area contributed by atoms with Crippen LogP contribution in [-0.4, -0.2) is 12.3 Å². The standard InChI is InChI=1S/C16H12ClNO2/c17-11-5-6-14-16-15(11)13(19)7-8-18(16)12-4-2-1-3-10(12)9-20-14/h1-6H,7-9H2. The fraction of sp³-hybridized carbons (Fsp3) is 0.188. The number of ketones is 1. The molecule has 2 aromatic carbocycles. The van der Waals surface area contributed by atoms with E-state index < -0.39 is 0 Å². The Morgan fingerprint density at radius 2 is 2.00 bits per heavy atom. The normalized spacial score (nSPS) is 16.1. The lowest BCUT2D eigenvalue weighted by molar-refractivity contribution is 0.0981. The maximum Gasteiger partial charge on any atom is 0.168 e. The Morgan fingerprint density at radius 1 is 1.15 bits per heavy atom. The van der Waals surface area contributed by atoms with Gasteiger partial charge in [-0.25, -0.2) is 0 Å². The minimum atomic E-state index is 0.0890. The molecule has 0 bridgehead atoms. The highest BCUT2D eigenvalue weighted by Crippen LogP contribution is 2.46. The smallest absolute Gasteiger partial charge is 0.168 e. The summed E-state index contributed by atoms with van der Waals surface area (Å²) in [5.74, 6) is 0.819. The average Bonchev–Trinajstić information content (AvgIpc) is 2.62. The summed E-state index contributed by atoms with van der Waals surface area (Å²) in [4.78, 5) is 14.4. The molecule has 2 aliphatic heterocycles. The number of fused-ring (bicyclic) bond motifs is 2. The molecule has 0 saturated heterocycles. The molecule has 0 unspecified atom stereocenters. The highest BCUT2D eigenvalue weighted by atomic mass is 35.5. The van der Waals surface area contributed by atoms with Gasteiger partial charge in [0.2, 0.25) is 0 Å². The Balaban J connectivity index is 2.03. The zero-order valence-corrected chi connectivity index (χ0v) is 11.5. The van der Waals surface area contributed by atoms with Gasteiger partial charge in [0, 0.05) is 24.2 Å². The number of para-hydroxylation sites is 1. The largest absolute Gasteiger partial charge is 0.487 e. The first-order valence-corrected chi connectivity index (χ1v) is 6.97. The minimum absolute atomic E-state index is 0.0890. The third kappa shape index (κ3) is 1.56. The maximum absolute atomic E-state index is 12.2. The number of carbonyl (C=O) groups excluding carboxylic acids is 1. The van der Waals surface area contributed by atoms with E-state index in [1.807, 2.05) is 18.2 Å². The molecule has 4 rings (SSSR count). The van der Waals surface area contributed by atoms with Gasteiger partial charge in [-0.05, 0) is 18.2 Å². The van der Waals surface area contributed by atoms with Crippen molar-refractivity contribution < 1.29 is 9.53 Å². The second-order valence-corrected chi connectivity index (χ2v) is 5.42. The van der Waals surface area contributed by atoms with E-state index in [-0.39, 0.29) is 5.78 Å². The predicted molar refractivity (Wildman–Crippen MR) is 78.2 cm³/mol. The summed E-state index contributed by atoms with van der Waals surface area (Å²) in [7, 11) is 0. The van der Waals surface area contributed by atoms with Crippen molar-refractivity contribution in [2.45, 2.75) is 13.0 Å². The van der Waals surface area contributed by atoms with E-state index in [1.54, 1.807) is 6.07 Å². The van der Waals surface area contributed by atoms with Gasteiger partial charge in [-0.15, -0.1) is 0 Å². The third-order valence-corrected chi connectivity index (χ3v) is 4.18. The van der Waals surface area contributed by atoms with E-state index in [0.717, 1.165) is 22.7 Å². The topological polar surface area (TPSA) is 29.5 Å². The van der Waals surface area contributed by atoms with Gasteiger partial charge in [0.15, 0.2) is 5.78 Å². The van der Waals surface area contributed by atoms with Crippen LogP contribution < -0.4 is 9.64 Å². The molecular weight excluding hydrogens is 274 g/mol. The van der Waals surface area contributed by atoms with E-state index >= 15 is 0 Å². The van der Waals surface area contributed by atoms with Gasteiger partial charge < -0.3 is 9.64 Å². The lowest BCUT2D eigenvalue weighted by Crippen LogP contribution is -2.28. The number of carbonyl (C=O) groups is 1. The van der Waals surface area contributed by atoms with Crippen molar-refractivity contribution in [3.05, 3.63) is 52.5 Å². The van der Waals surface area contributed by atoms with Gasteiger partial charge in [0.25, 0.3) is 0 Å². The number of anilines is 2. The zero-order valence-electron chi connectivity index (χ0n) is 10.7. The van der Waals surface area contributed by atoms with Crippen LogP contribution in [0.1, 0.15) is 22.3 Å². The SMILES string of the molecule is O=C1CCN2c3ccccc3COc3ccc(Cl)c1c32. The van der Waals surface area contributed by atoms with Crippen molar-refractivity contribution in [2.24, 2.45) is 0 Å². The van der Waals surface area contributed by atoms with Crippen molar-refractivity contribution in [3.63, 3.8) is 0 Å². The second-order valence-electron chi connectivity index (χ2n) is 5.01. The molecule has 0 aliphatic carbocycles. The number of hydrogen-bond donors (Lipinski definition) is 0. The summed E-state index contributed by atoms with van der Waals surface area (Å²) in [6, 6.07) is 11.7. The number of nitrogens with zero attached hydrogens (tertiary/aromatic N) is 1. The fourth-order valence-electron chi connectivity index (χ4n) is 2.94. The maximum atomic E-state index is 12.2. The van der Waals surface area contributed by atoms with Crippen LogP contribution in [0.5, 0.6) is 5.75 Å². The van der Waals surface area contributed by atoms with E-state index in [9.17, 15) is 4.79 Å². The van der Waals surface area contributed by atoms with Crippen molar-refractivity contribution in [1.82, 2.24) is 0 Å². The van der Waals surface area contributed by atoms with Gasteiger partial charge in [-0.3, -0.25) is 4.79 Å². The summed E-state index contributed by atoms with van der Waals surface area (Å²) in [5.41, 5.74) is 3.63. The molecule has 100 valence electrons.